The van der Waals surface area contributed by atoms with Crippen LogP contribution in [-0.2, 0) is 14.3 Å². The maximum atomic E-state index is 12.0. The Kier molecular flexibility index (Phi) is 5.51. The fraction of sp³-hybridized carbons (Fsp3) is 0.357. The standard InChI is InChI=1S/C14H15BrN2O5/c15-10-3-1-2-9(6-10)13(19)16-7-12(18)17-4-5-22-11(8-17)14(20)21/h1-3,6,11H,4-5,7-8H2,(H,16,19)(H,20,21). The van der Waals surface area contributed by atoms with E-state index in [1.54, 1.807) is 24.3 Å². The number of rotatable bonds is 4. The molecule has 22 heavy (non-hydrogen) atoms. The number of carboxylic acid groups (broad SMARTS) is 1. The van der Waals surface area contributed by atoms with Crippen LogP contribution in [0.3, 0.4) is 0 Å². The predicted octanol–water partition coefficient (Wildman–Crippen LogP) is 0.491. The average molecular weight is 371 g/mol. The molecule has 2 rings (SSSR count). The number of benzene rings is 1. The Labute approximate surface area is 135 Å². The summed E-state index contributed by atoms with van der Waals surface area (Å²) in [6.07, 6.45) is -1.02. The molecule has 1 atom stereocenters. The number of aliphatic carboxylic acids is 1. The first kappa shape index (κ1) is 16.4. The lowest BCUT2D eigenvalue weighted by Crippen LogP contribution is -2.51. The molecule has 0 bridgehead atoms. The highest BCUT2D eigenvalue weighted by Crippen LogP contribution is 2.11. The van der Waals surface area contributed by atoms with Crippen LogP contribution in [0.1, 0.15) is 10.4 Å². The van der Waals surface area contributed by atoms with Gasteiger partial charge in [-0.25, -0.2) is 4.79 Å². The number of carbonyl (C=O) groups is 3. The lowest BCUT2D eigenvalue weighted by Gasteiger charge is -2.30. The Balaban J connectivity index is 1.87. The summed E-state index contributed by atoms with van der Waals surface area (Å²) in [7, 11) is 0. The third-order valence-corrected chi connectivity index (χ3v) is 3.67. The summed E-state index contributed by atoms with van der Waals surface area (Å²) in [6, 6.07) is 6.80. The molecular weight excluding hydrogens is 356 g/mol. The summed E-state index contributed by atoms with van der Waals surface area (Å²) in [5.74, 6) is -1.80. The molecule has 118 valence electrons. The summed E-state index contributed by atoms with van der Waals surface area (Å²) in [5, 5.41) is 11.4. The maximum Gasteiger partial charge on any atom is 0.334 e. The number of halogens is 1. The molecule has 1 aliphatic rings. The van der Waals surface area contributed by atoms with E-state index in [2.05, 4.69) is 21.2 Å². The second-order valence-electron chi connectivity index (χ2n) is 4.73. The molecule has 1 heterocycles. The van der Waals surface area contributed by atoms with E-state index in [-0.39, 0.29) is 31.5 Å². The van der Waals surface area contributed by atoms with Crippen LogP contribution in [0.4, 0.5) is 0 Å². The molecule has 0 aliphatic carbocycles. The molecule has 8 heteroatoms. The van der Waals surface area contributed by atoms with Crippen LogP contribution >= 0.6 is 15.9 Å². The molecule has 0 radical (unpaired) electrons. The number of carboxylic acids is 1. The second-order valence-corrected chi connectivity index (χ2v) is 5.65. The van der Waals surface area contributed by atoms with Gasteiger partial charge in [-0.15, -0.1) is 0 Å². The van der Waals surface area contributed by atoms with Crippen molar-refractivity contribution in [2.24, 2.45) is 0 Å². The van der Waals surface area contributed by atoms with E-state index in [1.807, 2.05) is 0 Å². The van der Waals surface area contributed by atoms with Gasteiger partial charge in [-0.05, 0) is 18.2 Å². The van der Waals surface area contributed by atoms with Crippen LogP contribution in [-0.4, -0.2) is 60.1 Å². The van der Waals surface area contributed by atoms with Gasteiger partial charge >= 0.3 is 5.97 Å². The Hall–Kier alpha value is -1.93. The van der Waals surface area contributed by atoms with Gasteiger partial charge in [-0.3, -0.25) is 9.59 Å². The van der Waals surface area contributed by atoms with Crippen molar-refractivity contribution in [3.05, 3.63) is 34.3 Å². The molecule has 1 saturated heterocycles. The van der Waals surface area contributed by atoms with E-state index in [4.69, 9.17) is 9.84 Å². The van der Waals surface area contributed by atoms with E-state index in [0.717, 1.165) is 4.47 Å². The van der Waals surface area contributed by atoms with Crippen LogP contribution < -0.4 is 5.32 Å². The first-order valence-corrected chi connectivity index (χ1v) is 7.42. The largest absolute Gasteiger partial charge is 0.479 e. The van der Waals surface area contributed by atoms with Crippen molar-refractivity contribution in [1.29, 1.82) is 0 Å². The molecule has 1 aromatic rings. The van der Waals surface area contributed by atoms with Crippen LogP contribution in [0.2, 0.25) is 0 Å². The minimum absolute atomic E-state index is 0.0130. The molecule has 0 saturated carbocycles. The number of nitrogens with zero attached hydrogens (tertiary/aromatic N) is 1. The smallest absolute Gasteiger partial charge is 0.334 e. The third kappa shape index (κ3) is 4.28. The zero-order valence-corrected chi connectivity index (χ0v) is 13.2. The Morgan fingerprint density at radius 3 is 2.86 bits per heavy atom. The fourth-order valence-corrected chi connectivity index (χ4v) is 2.42. The van der Waals surface area contributed by atoms with Crippen molar-refractivity contribution in [2.75, 3.05) is 26.2 Å². The van der Waals surface area contributed by atoms with Crippen molar-refractivity contribution in [2.45, 2.75) is 6.10 Å². The number of hydrogen-bond acceptors (Lipinski definition) is 4. The summed E-state index contributed by atoms with van der Waals surface area (Å²) in [4.78, 5) is 36.2. The first-order chi connectivity index (χ1) is 10.5. The highest BCUT2D eigenvalue weighted by Gasteiger charge is 2.28. The highest BCUT2D eigenvalue weighted by atomic mass is 79.9. The number of carbonyl (C=O) groups excluding carboxylic acids is 2. The van der Waals surface area contributed by atoms with Gasteiger partial charge in [0.1, 0.15) is 0 Å². The predicted molar refractivity (Wildman–Crippen MR) is 80.4 cm³/mol. The van der Waals surface area contributed by atoms with E-state index in [9.17, 15) is 14.4 Å². The van der Waals surface area contributed by atoms with Crippen LogP contribution in [0.15, 0.2) is 28.7 Å². The van der Waals surface area contributed by atoms with Crippen molar-refractivity contribution >= 4 is 33.7 Å². The van der Waals surface area contributed by atoms with Gasteiger partial charge in [-0.2, -0.15) is 0 Å². The van der Waals surface area contributed by atoms with Gasteiger partial charge in [0.2, 0.25) is 5.91 Å². The summed E-state index contributed by atoms with van der Waals surface area (Å²) in [5.41, 5.74) is 0.438. The van der Waals surface area contributed by atoms with E-state index in [0.29, 0.717) is 12.1 Å². The first-order valence-electron chi connectivity index (χ1n) is 6.63. The molecule has 1 fully saturated rings. The normalized spacial score (nSPS) is 17.9. The number of morpholine rings is 1. The van der Waals surface area contributed by atoms with Crippen molar-refractivity contribution in [1.82, 2.24) is 10.2 Å². The van der Waals surface area contributed by atoms with Crippen molar-refractivity contribution in [3.63, 3.8) is 0 Å². The Morgan fingerprint density at radius 2 is 2.18 bits per heavy atom. The number of amides is 2. The monoisotopic (exact) mass is 370 g/mol. The molecule has 2 N–H and O–H groups in total. The summed E-state index contributed by atoms with van der Waals surface area (Å²) < 4.78 is 5.81. The molecule has 7 nitrogen and oxygen atoms in total. The zero-order valence-electron chi connectivity index (χ0n) is 11.6. The van der Waals surface area contributed by atoms with Crippen LogP contribution in [0.25, 0.3) is 0 Å². The highest BCUT2D eigenvalue weighted by molar-refractivity contribution is 9.10. The minimum atomic E-state index is -1.10. The topological polar surface area (TPSA) is 95.9 Å². The molecule has 1 unspecified atom stereocenters. The SMILES string of the molecule is O=C(NCC(=O)N1CCOC(C(=O)O)C1)c1cccc(Br)c1. The maximum absolute atomic E-state index is 12.0. The van der Waals surface area contributed by atoms with E-state index in [1.165, 1.54) is 4.90 Å². The molecule has 0 spiro atoms. The summed E-state index contributed by atoms with van der Waals surface area (Å²) >= 11 is 3.27. The van der Waals surface area contributed by atoms with Crippen molar-refractivity contribution in [3.8, 4) is 0 Å². The molecular formula is C14H15BrN2O5. The van der Waals surface area contributed by atoms with Gasteiger partial charge in [0.15, 0.2) is 6.10 Å². The molecule has 0 aromatic heterocycles. The second kappa shape index (κ2) is 7.37. The minimum Gasteiger partial charge on any atom is -0.479 e. The quantitative estimate of drug-likeness (QED) is 0.803. The zero-order chi connectivity index (χ0) is 16.1. The van der Waals surface area contributed by atoms with Crippen LogP contribution in [0, 0.1) is 0 Å². The average Bonchev–Trinajstić information content (AvgIpc) is 2.52. The molecule has 2 amide bonds. The third-order valence-electron chi connectivity index (χ3n) is 3.18. The lowest BCUT2D eigenvalue weighted by atomic mass is 10.2. The number of nitrogens with one attached hydrogen (secondary N) is 1. The van der Waals surface area contributed by atoms with E-state index < -0.39 is 12.1 Å². The van der Waals surface area contributed by atoms with Gasteiger partial charge in [0.05, 0.1) is 19.7 Å². The van der Waals surface area contributed by atoms with Crippen molar-refractivity contribution < 1.29 is 24.2 Å². The number of ether oxygens (including phenoxy) is 1. The number of hydrogen-bond donors (Lipinski definition) is 2. The van der Waals surface area contributed by atoms with Gasteiger partial charge in [-0.1, -0.05) is 22.0 Å². The van der Waals surface area contributed by atoms with Gasteiger partial charge in [0, 0.05) is 16.6 Å². The van der Waals surface area contributed by atoms with E-state index >= 15 is 0 Å². The van der Waals surface area contributed by atoms with Crippen LogP contribution in [0.5, 0.6) is 0 Å². The van der Waals surface area contributed by atoms with Gasteiger partial charge < -0.3 is 20.1 Å². The summed E-state index contributed by atoms with van der Waals surface area (Å²) in [6.45, 7) is 0.288. The fourth-order valence-electron chi connectivity index (χ4n) is 2.02. The lowest BCUT2D eigenvalue weighted by molar-refractivity contribution is -0.159. The molecule has 1 aromatic carbocycles. The Bertz CT molecular complexity index is 592. The Morgan fingerprint density at radius 1 is 1.41 bits per heavy atom. The van der Waals surface area contributed by atoms with Gasteiger partial charge in [0.25, 0.3) is 5.91 Å². The molecule has 1 aliphatic heterocycles.